The Labute approximate surface area is 109 Å². The van der Waals surface area contributed by atoms with Gasteiger partial charge in [-0.15, -0.1) is 0 Å². The molecule has 0 fully saturated rings. The summed E-state index contributed by atoms with van der Waals surface area (Å²) in [7, 11) is 5.83. The first-order valence-corrected chi connectivity index (χ1v) is 6.43. The van der Waals surface area contributed by atoms with Crippen LogP contribution in [0, 0.1) is 0 Å². The minimum absolute atomic E-state index is 0.794. The molecule has 0 N–H and O–H groups in total. The molecule has 100 valence electrons. The van der Waals surface area contributed by atoms with Crippen molar-refractivity contribution in [2.45, 2.75) is 12.8 Å². The summed E-state index contributed by atoms with van der Waals surface area (Å²) in [6, 6.07) is 0. The Kier molecular flexibility index (Phi) is 4.49. The molecule has 0 aromatic carbocycles. The summed E-state index contributed by atoms with van der Waals surface area (Å²) in [6.45, 7) is 3.91. The van der Waals surface area contributed by atoms with E-state index >= 15 is 0 Å². The van der Waals surface area contributed by atoms with Crippen LogP contribution in [0.2, 0.25) is 0 Å². The molecule has 0 atom stereocenters. The fourth-order valence-electron chi connectivity index (χ4n) is 2.38. The van der Waals surface area contributed by atoms with Crippen LogP contribution in [-0.4, -0.2) is 62.3 Å². The van der Waals surface area contributed by atoms with Crippen LogP contribution in [0.3, 0.4) is 0 Å². The molecule has 18 heavy (non-hydrogen) atoms. The first-order valence-electron chi connectivity index (χ1n) is 6.43. The van der Waals surface area contributed by atoms with Crippen LogP contribution < -0.4 is 4.90 Å². The molecule has 0 saturated carbocycles. The van der Waals surface area contributed by atoms with Gasteiger partial charge in [0.25, 0.3) is 0 Å². The summed E-state index contributed by atoms with van der Waals surface area (Å²) in [5.41, 5.74) is 2.51. The minimum Gasteiger partial charge on any atom is -0.383 e. The molecule has 5 nitrogen and oxygen atoms in total. The Morgan fingerprint density at radius 2 is 2.06 bits per heavy atom. The number of hydrogen-bond donors (Lipinski definition) is 0. The Balaban J connectivity index is 2.12. The van der Waals surface area contributed by atoms with Gasteiger partial charge in [0.2, 0.25) is 0 Å². The number of ether oxygens (including phenoxy) is 1. The average Bonchev–Trinajstić information content (AvgIpc) is 2.58. The van der Waals surface area contributed by atoms with Crippen molar-refractivity contribution >= 4 is 5.82 Å². The summed E-state index contributed by atoms with van der Waals surface area (Å²) >= 11 is 0. The number of rotatable bonds is 4. The standard InChI is InChI=1S/C13H22N4O/c1-16(2)13-11-4-6-17(8-9-18-3)7-5-12(11)14-10-15-13/h10H,4-9H2,1-3H3. The molecule has 0 amide bonds. The maximum Gasteiger partial charge on any atom is 0.134 e. The van der Waals surface area contributed by atoms with Crippen molar-refractivity contribution in [2.24, 2.45) is 0 Å². The van der Waals surface area contributed by atoms with Crippen LogP contribution in [0.25, 0.3) is 0 Å². The van der Waals surface area contributed by atoms with Crippen molar-refractivity contribution in [3.05, 3.63) is 17.6 Å². The number of nitrogens with zero attached hydrogens (tertiary/aromatic N) is 4. The monoisotopic (exact) mass is 250 g/mol. The second-order valence-corrected chi connectivity index (χ2v) is 4.85. The SMILES string of the molecule is COCCN1CCc2ncnc(N(C)C)c2CC1. The Hall–Kier alpha value is -1.20. The van der Waals surface area contributed by atoms with E-state index in [4.69, 9.17) is 4.74 Å². The molecule has 0 radical (unpaired) electrons. The number of aromatic nitrogens is 2. The predicted molar refractivity (Wildman–Crippen MR) is 72.1 cm³/mol. The van der Waals surface area contributed by atoms with Gasteiger partial charge in [0.1, 0.15) is 12.1 Å². The highest BCUT2D eigenvalue weighted by molar-refractivity contribution is 5.48. The molecule has 2 rings (SSSR count). The van der Waals surface area contributed by atoms with E-state index in [1.165, 1.54) is 11.3 Å². The lowest BCUT2D eigenvalue weighted by Crippen LogP contribution is -2.29. The van der Waals surface area contributed by atoms with Crippen LogP contribution in [-0.2, 0) is 17.6 Å². The molecule has 1 aliphatic heterocycles. The maximum atomic E-state index is 5.15. The van der Waals surface area contributed by atoms with E-state index < -0.39 is 0 Å². The van der Waals surface area contributed by atoms with Gasteiger partial charge >= 0.3 is 0 Å². The quantitative estimate of drug-likeness (QED) is 0.782. The second kappa shape index (κ2) is 6.11. The lowest BCUT2D eigenvalue weighted by atomic mass is 10.1. The average molecular weight is 250 g/mol. The largest absolute Gasteiger partial charge is 0.383 e. The summed E-state index contributed by atoms with van der Waals surface area (Å²) < 4.78 is 5.15. The third-order valence-corrected chi connectivity index (χ3v) is 3.39. The number of methoxy groups -OCH3 is 1. The van der Waals surface area contributed by atoms with Crippen LogP contribution in [0.5, 0.6) is 0 Å². The molecule has 1 aliphatic rings. The van der Waals surface area contributed by atoms with Crippen LogP contribution >= 0.6 is 0 Å². The molecule has 0 bridgehead atoms. The van der Waals surface area contributed by atoms with Gasteiger partial charge in [-0.1, -0.05) is 0 Å². The summed E-state index contributed by atoms with van der Waals surface area (Å²) in [4.78, 5) is 13.3. The zero-order valence-corrected chi connectivity index (χ0v) is 11.5. The topological polar surface area (TPSA) is 41.5 Å². The van der Waals surface area contributed by atoms with Crippen molar-refractivity contribution in [1.82, 2.24) is 14.9 Å². The van der Waals surface area contributed by atoms with Crippen LogP contribution in [0.1, 0.15) is 11.3 Å². The van der Waals surface area contributed by atoms with Crippen molar-refractivity contribution in [3.8, 4) is 0 Å². The van der Waals surface area contributed by atoms with Crippen LogP contribution in [0.15, 0.2) is 6.33 Å². The van der Waals surface area contributed by atoms with Crippen LogP contribution in [0.4, 0.5) is 5.82 Å². The fraction of sp³-hybridized carbons (Fsp3) is 0.692. The van der Waals surface area contributed by atoms with E-state index in [9.17, 15) is 0 Å². The van der Waals surface area contributed by atoms with Gasteiger partial charge in [-0.2, -0.15) is 0 Å². The highest BCUT2D eigenvalue weighted by Crippen LogP contribution is 2.21. The fourth-order valence-corrected chi connectivity index (χ4v) is 2.38. The van der Waals surface area contributed by atoms with E-state index in [-0.39, 0.29) is 0 Å². The van der Waals surface area contributed by atoms with Gasteiger partial charge in [-0.05, 0) is 6.42 Å². The maximum absolute atomic E-state index is 5.15. The van der Waals surface area contributed by atoms with E-state index in [0.29, 0.717) is 0 Å². The highest BCUT2D eigenvalue weighted by atomic mass is 16.5. The van der Waals surface area contributed by atoms with Gasteiger partial charge in [-0.3, -0.25) is 0 Å². The predicted octanol–water partition coefficient (Wildman–Crippen LogP) is 0.590. The zero-order valence-electron chi connectivity index (χ0n) is 11.5. The van der Waals surface area contributed by atoms with Gasteiger partial charge in [0.05, 0.1) is 12.3 Å². The second-order valence-electron chi connectivity index (χ2n) is 4.85. The van der Waals surface area contributed by atoms with E-state index in [1.54, 1.807) is 13.4 Å². The highest BCUT2D eigenvalue weighted by Gasteiger charge is 2.18. The van der Waals surface area contributed by atoms with Crippen molar-refractivity contribution < 1.29 is 4.74 Å². The first-order chi connectivity index (χ1) is 8.72. The number of hydrogen-bond acceptors (Lipinski definition) is 5. The lowest BCUT2D eigenvalue weighted by Gasteiger charge is -2.19. The van der Waals surface area contributed by atoms with E-state index in [0.717, 1.165) is 44.9 Å². The first kappa shape index (κ1) is 13.2. The summed E-state index contributed by atoms with van der Waals surface area (Å²) in [6.07, 6.45) is 3.70. The molecule has 1 aromatic heterocycles. The molecule has 5 heteroatoms. The Morgan fingerprint density at radius 3 is 2.78 bits per heavy atom. The smallest absolute Gasteiger partial charge is 0.134 e. The van der Waals surface area contributed by atoms with Gasteiger partial charge in [0.15, 0.2) is 0 Å². The van der Waals surface area contributed by atoms with Crippen molar-refractivity contribution in [2.75, 3.05) is 52.3 Å². The molecule has 2 heterocycles. The Morgan fingerprint density at radius 1 is 1.28 bits per heavy atom. The summed E-state index contributed by atoms with van der Waals surface area (Å²) in [5, 5.41) is 0. The zero-order chi connectivity index (χ0) is 13.0. The normalized spacial score (nSPS) is 16.2. The third kappa shape index (κ3) is 2.97. The van der Waals surface area contributed by atoms with Crippen molar-refractivity contribution in [3.63, 3.8) is 0 Å². The molecule has 0 spiro atoms. The van der Waals surface area contributed by atoms with Gasteiger partial charge < -0.3 is 14.5 Å². The van der Waals surface area contributed by atoms with Gasteiger partial charge in [0, 0.05) is 52.8 Å². The van der Waals surface area contributed by atoms with E-state index in [1.807, 2.05) is 14.1 Å². The molecule has 0 saturated heterocycles. The van der Waals surface area contributed by atoms with E-state index in [2.05, 4.69) is 19.8 Å². The van der Waals surface area contributed by atoms with Crippen molar-refractivity contribution in [1.29, 1.82) is 0 Å². The molecule has 1 aromatic rings. The Bertz CT molecular complexity index is 395. The third-order valence-electron chi connectivity index (χ3n) is 3.39. The number of anilines is 1. The van der Waals surface area contributed by atoms with Gasteiger partial charge in [-0.25, -0.2) is 9.97 Å². The lowest BCUT2D eigenvalue weighted by molar-refractivity contribution is 0.150. The number of fused-ring (bicyclic) bond motifs is 1. The summed E-state index contributed by atoms with van der Waals surface area (Å²) in [5.74, 6) is 1.06. The minimum atomic E-state index is 0.794. The molecular formula is C13H22N4O. The molecule has 0 aliphatic carbocycles. The molecule has 0 unspecified atom stereocenters. The molecular weight excluding hydrogens is 228 g/mol.